The molecule has 180 valence electrons. The second-order valence-electron chi connectivity index (χ2n) is 10.9. The molecule has 4 rings (SSSR count). The summed E-state index contributed by atoms with van der Waals surface area (Å²) in [6.07, 6.45) is 0. The van der Waals surface area contributed by atoms with Gasteiger partial charge in [0.2, 0.25) is 5.78 Å². The number of ether oxygens (including phenoxy) is 2. The van der Waals surface area contributed by atoms with Crippen LogP contribution in [0.4, 0.5) is 0 Å². The van der Waals surface area contributed by atoms with Crippen LogP contribution in [0.3, 0.4) is 0 Å². The fourth-order valence-electron chi connectivity index (χ4n) is 4.04. The Labute approximate surface area is 206 Å². The standard InChI is InChI=1S/C30H30O5/c1-29(2,3)27(32)34-21-16-10-14-19-23(18-12-8-7-9-13-18)20-15-11-17-22(25(20)26(31)24(19)21)35-28(33)30(4,5)6/h7-17,23H,1-6H3. The second kappa shape index (κ2) is 8.81. The highest BCUT2D eigenvalue weighted by Gasteiger charge is 2.38. The maximum absolute atomic E-state index is 14.0. The molecule has 1 aliphatic rings. The van der Waals surface area contributed by atoms with Gasteiger partial charge in [0.15, 0.2) is 0 Å². The van der Waals surface area contributed by atoms with E-state index in [1.54, 1.807) is 65.8 Å². The van der Waals surface area contributed by atoms with Crippen LogP contribution in [0.15, 0.2) is 66.7 Å². The van der Waals surface area contributed by atoms with Gasteiger partial charge in [-0.2, -0.15) is 0 Å². The van der Waals surface area contributed by atoms with Crippen molar-refractivity contribution in [1.82, 2.24) is 0 Å². The lowest BCUT2D eigenvalue weighted by atomic mass is 9.73. The number of benzene rings is 3. The van der Waals surface area contributed by atoms with Gasteiger partial charge in [0.25, 0.3) is 0 Å². The second-order valence-corrected chi connectivity index (χ2v) is 10.9. The zero-order valence-corrected chi connectivity index (χ0v) is 21.0. The van der Waals surface area contributed by atoms with Crippen molar-refractivity contribution in [3.05, 3.63) is 94.5 Å². The molecule has 0 bridgehead atoms. The van der Waals surface area contributed by atoms with Gasteiger partial charge in [-0.25, -0.2) is 0 Å². The van der Waals surface area contributed by atoms with E-state index in [2.05, 4.69) is 0 Å². The molecule has 0 N–H and O–H groups in total. The van der Waals surface area contributed by atoms with Crippen LogP contribution < -0.4 is 9.47 Å². The van der Waals surface area contributed by atoms with Crippen LogP contribution in [0.25, 0.3) is 0 Å². The van der Waals surface area contributed by atoms with E-state index >= 15 is 0 Å². The van der Waals surface area contributed by atoms with E-state index in [4.69, 9.17) is 9.47 Å². The molecule has 0 saturated carbocycles. The van der Waals surface area contributed by atoms with Crippen LogP contribution in [0.5, 0.6) is 11.5 Å². The van der Waals surface area contributed by atoms with Crippen molar-refractivity contribution in [3.63, 3.8) is 0 Å². The predicted molar refractivity (Wildman–Crippen MR) is 134 cm³/mol. The Morgan fingerprint density at radius 3 is 1.46 bits per heavy atom. The van der Waals surface area contributed by atoms with Crippen LogP contribution in [0, 0.1) is 10.8 Å². The Balaban J connectivity index is 1.95. The van der Waals surface area contributed by atoms with Crippen molar-refractivity contribution in [2.45, 2.75) is 47.5 Å². The van der Waals surface area contributed by atoms with Gasteiger partial charge >= 0.3 is 11.9 Å². The Bertz CT molecular complexity index is 1230. The number of hydrogen-bond donors (Lipinski definition) is 0. The quantitative estimate of drug-likeness (QED) is 0.259. The molecule has 1 aliphatic carbocycles. The minimum absolute atomic E-state index is 0.205. The van der Waals surface area contributed by atoms with Gasteiger partial charge in [0.1, 0.15) is 11.5 Å². The summed E-state index contributed by atoms with van der Waals surface area (Å²) < 4.78 is 11.5. The number of esters is 2. The van der Waals surface area contributed by atoms with E-state index in [9.17, 15) is 14.4 Å². The van der Waals surface area contributed by atoms with Crippen LogP contribution in [0.2, 0.25) is 0 Å². The highest BCUT2D eigenvalue weighted by Crippen LogP contribution is 2.46. The molecule has 3 aromatic carbocycles. The summed E-state index contributed by atoms with van der Waals surface area (Å²) in [5.41, 5.74) is 1.59. The van der Waals surface area contributed by atoms with Crippen LogP contribution in [-0.2, 0) is 9.59 Å². The van der Waals surface area contributed by atoms with Crippen molar-refractivity contribution in [1.29, 1.82) is 0 Å². The van der Waals surface area contributed by atoms with Gasteiger partial charge < -0.3 is 9.47 Å². The molecule has 0 saturated heterocycles. The molecule has 0 heterocycles. The largest absolute Gasteiger partial charge is 0.425 e. The number of hydrogen-bond acceptors (Lipinski definition) is 5. The average molecular weight is 471 g/mol. The molecular formula is C30H30O5. The molecule has 0 atom stereocenters. The number of fused-ring (bicyclic) bond motifs is 2. The smallest absolute Gasteiger partial charge is 0.316 e. The average Bonchev–Trinajstić information content (AvgIpc) is 2.78. The van der Waals surface area contributed by atoms with Crippen LogP contribution in [-0.4, -0.2) is 17.7 Å². The zero-order chi connectivity index (χ0) is 25.5. The summed E-state index contributed by atoms with van der Waals surface area (Å²) in [6, 6.07) is 20.4. The van der Waals surface area contributed by atoms with E-state index in [-0.39, 0.29) is 23.2 Å². The first-order valence-electron chi connectivity index (χ1n) is 11.7. The summed E-state index contributed by atoms with van der Waals surface area (Å²) in [6.45, 7) is 10.6. The minimum Gasteiger partial charge on any atom is -0.425 e. The number of carbonyl (C=O) groups is 3. The Hall–Kier alpha value is -3.73. The minimum atomic E-state index is -0.745. The third-order valence-corrected chi connectivity index (χ3v) is 5.96. The number of rotatable bonds is 3. The van der Waals surface area contributed by atoms with Gasteiger partial charge in [0.05, 0.1) is 22.0 Å². The van der Waals surface area contributed by atoms with E-state index in [0.29, 0.717) is 11.1 Å². The Kier molecular flexibility index (Phi) is 6.14. The fraction of sp³-hybridized carbons (Fsp3) is 0.300. The fourth-order valence-corrected chi connectivity index (χ4v) is 4.04. The van der Waals surface area contributed by atoms with Crippen molar-refractivity contribution < 1.29 is 23.9 Å². The van der Waals surface area contributed by atoms with Crippen molar-refractivity contribution in [2.24, 2.45) is 10.8 Å². The molecule has 5 nitrogen and oxygen atoms in total. The first kappa shape index (κ1) is 24.4. The van der Waals surface area contributed by atoms with E-state index in [1.807, 2.05) is 42.5 Å². The SMILES string of the molecule is CC(C)(C)C(=O)Oc1cccc2c1C(=O)c1c(OC(=O)C(C)(C)C)cccc1C2c1ccccc1. The Morgan fingerprint density at radius 1 is 0.629 bits per heavy atom. The molecule has 0 amide bonds. The van der Waals surface area contributed by atoms with Gasteiger partial charge in [-0.1, -0.05) is 54.6 Å². The van der Waals surface area contributed by atoms with E-state index < -0.39 is 22.8 Å². The molecule has 5 heteroatoms. The van der Waals surface area contributed by atoms with E-state index in [1.165, 1.54) is 0 Å². The lowest BCUT2D eigenvalue weighted by Gasteiger charge is -2.30. The molecule has 0 aromatic heterocycles. The van der Waals surface area contributed by atoms with Gasteiger partial charge in [-0.3, -0.25) is 14.4 Å². The highest BCUT2D eigenvalue weighted by atomic mass is 16.5. The molecule has 3 aromatic rings. The maximum Gasteiger partial charge on any atom is 0.316 e. The zero-order valence-electron chi connectivity index (χ0n) is 21.0. The molecule has 35 heavy (non-hydrogen) atoms. The first-order valence-corrected chi connectivity index (χ1v) is 11.7. The summed E-state index contributed by atoms with van der Waals surface area (Å²) in [4.78, 5) is 39.5. The topological polar surface area (TPSA) is 69.7 Å². The van der Waals surface area contributed by atoms with Crippen LogP contribution in [0.1, 0.15) is 80.1 Å². The molecular weight excluding hydrogens is 440 g/mol. The van der Waals surface area contributed by atoms with Gasteiger partial charge in [-0.05, 0) is 70.4 Å². The monoisotopic (exact) mass is 470 g/mol. The van der Waals surface area contributed by atoms with Crippen LogP contribution >= 0.6 is 0 Å². The van der Waals surface area contributed by atoms with Crippen molar-refractivity contribution >= 4 is 17.7 Å². The molecule has 0 fully saturated rings. The highest BCUT2D eigenvalue weighted by molar-refractivity contribution is 6.16. The third kappa shape index (κ3) is 4.63. The summed E-state index contributed by atoms with van der Waals surface area (Å²) in [7, 11) is 0. The summed E-state index contributed by atoms with van der Waals surface area (Å²) >= 11 is 0. The Morgan fingerprint density at radius 2 is 1.06 bits per heavy atom. The summed E-state index contributed by atoms with van der Waals surface area (Å²) in [5, 5.41) is 0. The lowest BCUT2D eigenvalue weighted by Crippen LogP contribution is -2.29. The number of carbonyl (C=O) groups excluding carboxylic acids is 3. The lowest BCUT2D eigenvalue weighted by molar-refractivity contribution is -0.143. The van der Waals surface area contributed by atoms with Crippen molar-refractivity contribution in [2.75, 3.05) is 0 Å². The third-order valence-electron chi connectivity index (χ3n) is 5.96. The molecule has 0 unspecified atom stereocenters. The van der Waals surface area contributed by atoms with Gasteiger partial charge in [-0.15, -0.1) is 0 Å². The molecule has 0 spiro atoms. The first-order chi connectivity index (χ1) is 16.4. The van der Waals surface area contributed by atoms with E-state index in [0.717, 1.165) is 16.7 Å². The predicted octanol–water partition coefficient (Wildman–Crippen LogP) is 6.31. The maximum atomic E-state index is 14.0. The van der Waals surface area contributed by atoms with Gasteiger partial charge in [0, 0.05) is 5.92 Å². The molecule has 0 radical (unpaired) electrons. The molecule has 0 aliphatic heterocycles. The van der Waals surface area contributed by atoms with Crippen molar-refractivity contribution in [3.8, 4) is 11.5 Å². The number of ketones is 1. The normalized spacial score (nSPS) is 13.6. The summed E-state index contributed by atoms with van der Waals surface area (Å²) in [5.74, 6) is -1.11.